The summed E-state index contributed by atoms with van der Waals surface area (Å²) in [5.74, 6) is 2.10. The van der Waals surface area contributed by atoms with Gasteiger partial charge in [0.25, 0.3) is 0 Å². The van der Waals surface area contributed by atoms with Crippen LogP contribution < -0.4 is 0 Å². The molecular weight excluding hydrogens is 288 g/mol. The van der Waals surface area contributed by atoms with Crippen LogP contribution in [0.1, 0.15) is 51.9 Å². The summed E-state index contributed by atoms with van der Waals surface area (Å²) in [6.45, 7) is 8.21. The molecule has 0 amide bonds. The molecule has 2 aliphatic rings. The third-order valence-corrected chi connectivity index (χ3v) is 5.27. The molecule has 0 spiro atoms. The second-order valence-electron chi connectivity index (χ2n) is 7.53. The SMILES string of the molecule is CC1CCC(C(C)C)C(OC2COC(c3ccccc3)OC2)C1. The van der Waals surface area contributed by atoms with Crippen LogP contribution in [0, 0.1) is 17.8 Å². The predicted octanol–water partition coefficient (Wildman–Crippen LogP) is 4.58. The Morgan fingerprint density at radius 3 is 2.39 bits per heavy atom. The minimum Gasteiger partial charge on any atom is -0.370 e. The van der Waals surface area contributed by atoms with Crippen molar-refractivity contribution in [2.24, 2.45) is 17.8 Å². The second-order valence-corrected chi connectivity index (χ2v) is 7.53. The first-order valence-electron chi connectivity index (χ1n) is 9.07. The highest BCUT2D eigenvalue weighted by Gasteiger charge is 2.34. The molecule has 1 aromatic carbocycles. The van der Waals surface area contributed by atoms with Gasteiger partial charge in [-0.3, -0.25) is 0 Å². The number of hydrogen-bond donors (Lipinski definition) is 0. The average molecular weight is 318 g/mol. The standard InChI is InChI=1S/C20H30O3/c1-14(2)18-10-9-15(3)11-19(18)23-17-12-21-20(22-13-17)16-7-5-4-6-8-16/h4-8,14-15,17-20H,9-13H2,1-3H3. The van der Waals surface area contributed by atoms with Gasteiger partial charge in [0.15, 0.2) is 6.29 Å². The maximum absolute atomic E-state index is 6.41. The van der Waals surface area contributed by atoms with Gasteiger partial charge in [-0.15, -0.1) is 0 Å². The summed E-state index contributed by atoms with van der Waals surface area (Å²) >= 11 is 0. The average Bonchev–Trinajstić information content (AvgIpc) is 2.56. The molecule has 0 N–H and O–H groups in total. The largest absolute Gasteiger partial charge is 0.370 e. The Balaban J connectivity index is 1.53. The first-order chi connectivity index (χ1) is 11.1. The fraction of sp³-hybridized carbons (Fsp3) is 0.700. The van der Waals surface area contributed by atoms with Crippen molar-refractivity contribution in [2.45, 2.75) is 58.5 Å². The molecule has 2 fully saturated rings. The Hall–Kier alpha value is -0.900. The topological polar surface area (TPSA) is 27.7 Å². The molecule has 3 nitrogen and oxygen atoms in total. The Morgan fingerprint density at radius 2 is 1.74 bits per heavy atom. The highest BCUT2D eigenvalue weighted by Crippen LogP contribution is 2.36. The molecule has 1 heterocycles. The van der Waals surface area contributed by atoms with Gasteiger partial charge in [-0.05, 0) is 30.6 Å². The van der Waals surface area contributed by atoms with Crippen LogP contribution in [0.3, 0.4) is 0 Å². The van der Waals surface area contributed by atoms with Crippen molar-refractivity contribution in [1.29, 1.82) is 0 Å². The van der Waals surface area contributed by atoms with Crippen molar-refractivity contribution >= 4 is 0 Å². The molecule has 1 aromatic rings. The Labute approximate surface area is 140 Å². The summed E-state index contributed by atoms with van der Waals surface area (Å²) in [5.41, 5.74) is 1.08. The monoisotopic (exact) mass is 318 g/mol. The van der Waals surface area contributed by atoms with Gasteiger partial charge in [-0.2, -0.15) is 0 Å². The summed E-state index contributed by atoms with van der Waals surface area (Å²) in [6.07, 6.45) is 3.95. The van der Waals surface area contributed by atoms with Crippen molar-refractivity contribution in [3.05, 3.63) is 35.9 Å². The van der Waals surface area contributed by atoms with E-state index in [9.17, 15) is 0 Å². The first kappa shape index (κ1) is 16.9. The Bertz CT molecular complexity index is 465. The quantitative estimate of drug-likeness (QED) is 0.813. The van der Waals surface area contributed by atoms with Crippen LogP contribution in [0.15, 0.2) is 30.3 Å². The molecule has 128 valence electrons. The van der Waals surface area contributed by atoms with Gasteiger partial charge in [0.2, 0.25) is 0 Å². The van der Waals surface area contributed by atoms with Crippen molar-refractivity contribution in [2.75, 3.05) is 13.2 Å². The van der Waals surface area contributed by atoms with Crippen LogP contribution in [0.4, 0.5) is 0 Å². The number of rotatable bonds is 4. The van der Waals surface area contributed by atoms with Gasteiger partial charge in [0, 0.05) is 5.56 Å². The van der Waals surface area contributed by atoms with E-state index in [0.717, 1.165) is 11.5 Å². The second kappa shape index (κ2) is 7.78. The minimum absolute atomic E-state index is 0.0616. The predicted molar refractivity (Wildman–Crippen MR) is 91.1 cm³/mol. The molecule has 0 aromatic heterocycles. The molecule has 23 heavy (non-hydrogen) atoms. The summed E-state index contributed by atoms with van der Waals surface area (Å²) in [7, 11) is 0. The molecule has 3 heteroatoms. The highest BCUT2D eigenvalue weighted by molar-refractivity contribution is 5.16. The van der Waals surface area contributed by atoms with Gasteiger partial charge in [-0.1, -0.05) is 57.5 Å². The van der Waals surface area contributed by atoms with Gasteiger partial charge >= 0.3 is 0 Å². The van der Waals surface area contributed by atoms with Gasteiger partial charge in [0.1, 0.15) is 6.10 Å². The van der Waals surface area contributed by atoms with Crippen LogP contribution in [-0.4, -0.2) is 25.4 Å². The number of hydrogen-bond acceptors (Lipinski definition) is 3. The van der Waals surface area contributed by atoms with E-state index < -0.39 is 0 Å². The molecule has 1 aliphatic heterocycles. The lowest BCUT2D eigenvalue weighted by Gasteiger charge is -2.40. The molecule has 0 radical (unpaired) electrons. The van der Waals surface area contributed by atoms with E-state index in [4.69, 9.17) is 14.2 Å². The normalized spacial score (nSPS) is 35.4. The fourth-order valence-electron chi connectivity index (χ4n) is 3.89. The van der Waals surface area contributed by atoms with Crippen LogP contribution in [0.5, 0.6) is 0 Å². The smallest absolute Gasteiger partial charge is 0.184 e. The molecule has 3 rings (SSSR count). The molecule has 3 unspecified atom stereocenters. The zero-order chi connectivity index (χ0) is 16.2. The van der Waals surface area contributed by atoms with E-state index in [0.29, 0.717) is 31.2 Å². The van der Waals surface area contributed by atoms with E-state index >= 15 is 0 Å². The van der Waals surface area contributed by atoms with Crippen LogP contribution in [0.2, 0.25) is 0 Å². The van der Waals surface area contributed by atoms with Crippen molar-refractivity contribution in [3.8, 4) is 0 Å². The first-order valence-corrected chi connectivity index (χ1v) is 9.07. The summed E-state index contributed by atoms with van der Waals surface area (Å²) < 4.78 is 18.2. The highest BCUT2D eigenvalue weighted by atomic mass is 16.7. The molecule has 1 saturated heterocycles. The Kier molecular flexibility index (Phi) is 5.73. The van der Waals surface area contributed by atoms with E-state index in [-0.39, 0.29) is 12.4 Å². The summed E-state index contributed by atoms with van der Waals surface area (Å²) in [5, 5.41) is 0. The molecular formula is C20H30O3. The molecule has 0 bridgehead atoms. The Morgan fingerprint density at radius 1 is 1.04 bits per heavy atom. The minimum atomic E-state index is -0.248. The van der Waals surface area contributed by atoms with Gasteiger partial charge in [-0.25, -0.2) is 0 Å². The van der Waals surface area contributed by atoms with Crippen LogP contribution in [0.25, 0.3) is 0 Å². The lowest BCUT2D eigenvalue weighted by atomic mass is 9.75. The zero-order valence-corrected chi connectivity index (χ0v) is 14.6. The van der Waals surface area contributed by atoms with Crippen molar-refractivity contribution in [3.63, 3.8) is 0 Å². The summed E-state index contributed by atoms with van der Waals surface area (Å²) in [6, 6.07) is 10.1. The van der Waals surface area contributed by atoms with E-state index in [2.05, 4.69) is 20.8 Å². The van der Waals surface area contributed by atoms with E-state index in [1.54, 1.807) is 0 Å². The van der Waals surface area contributed by atoms with Crippen molar-refractivity contribution < 1.29 is 14.2 Å². The molecule has 3 atom stereocenters. The van der Waals surface area contributed by atoms with E-state index in [1.807, 2.05) is 30.3 Å². The third kappa shape index (κ3) is 4.34. The molecule has 1 aliphatic carbocycles. The zero-order valence-electron chi connectivity index (χ0n) is 14.6. The third-order valence-electron chi connectivity index (χ3n) is 5.27. The summed E-state index contributed by atoms with van der Waals surface area (Å²) in [4.78, 5) is 0. The maximum Gasteiger partial charge on any atom is 0.184 e. The van der Waals surface area contributed by atoms with Gasteiger partial charge in [0.05, 0.1) is 19.3 Å². The lowest BCUT2D eigenvalue weighted by molar-refractivity contribution is -0.245. The number of benzene rings is 1. The van der Waals surface area contributed by atoms with Gasteiger partial charge < -0.3 is 14.2 Å². The maximum atomic E-state index is 6.41. The fourth-order valence-corrected chi connectivity index (χ4v) is 3.89. The van der Waals surface area contributed by atoms with Crippen LogP contribution >= 0.6 is 0 Å². The van der Waals surface area contributed by atoms with E-state index in [1.165, 1.54) is 19.3 Å². The number of ether oxygens (including phenoxy) is 3. The van der Waals surface area contributed by atoms with Crippen molar-refractivity contribution in [1.82, 2.24) is 0 Å². The molecule has 1 saturated carbocycles. The lowest BCUT2D eigenvalue weighted by Crippen LogP contribution is -2.42. The van der Waals surface area contributed by atoms with Crippen LogP contribution in [-0.2, 0) is 14.2 Å².